The van der Waals surface area contributed by atoms with Crippen molar-refractivity contribution in [3.05, 3.63) is 55.3 Å². The Kier molecular flexibility index (Phi) is 5.32. The van der Waals surface area contributed by atoms with Gasteiger partial charge in [-0.15, -0.1) is 11.3 Å². The Morgan fingerprint density at radius 1 is 1.43 bits per heavy atom. The third kappa shape index (κ3) is 3.67. The summed E-state index contributed by atoms with van der Waals surface area (Å²) < 4.78 is 7.41. The summed E-state index contributed by atoms with van der Waals surface area (Å²) in [5.41, 5.74) is 4.21. The van der Waals surface area contributed by atoms with E-state index in [2.05, 4.69) is 70.5 Å². The van der Waals surface area contributed by atoms with E-state index in [1.807, 2.05) is 11.3 Å². The van der Waals surface area contributed by atoms with Crippen molar-refractivity contribution in [2.24, 2.45) is 0 Å². The van der Waals surface area contributed by atoms with E-state index in [1.54, 1.807) is 0 Å². The second kappa shape index (κ2) is 7.22. The molecule has 1 aliphatic heterocycles. The number of thiophene rings is 1. The highest BCUT2D eigenvalue weighted by Gasteiger charge is 2.25. The maximum absolute atomic E-state index is 6.07. The zero-order valence-corrected chi connectivity index (χ0v) is 15.1. The quantitative estimate of drug-likeness (QED) is 0.718. The van der Waals surface area contributed by atoms with Crippen LogP contribution in [-0.2, 0) is 11.2 Å². The van der Waals surface area contributed by atoms with Gasteiger partial charge < -0.3 is 10.1 Å². The molecule has 0 saturated carbocycles. The van der Waals surface area contributed by atoms with Crippen molar-refractivity contribution in [2.75, 3.05) is 13.2 Å². The van der Waals surface area contributed by atoms with Crippen LogP contribution in [0.3, 0.4) is 0 Å². The molecule has 1 aromatic heterocycles. The summed E-state index contributed by atoms with van der Waals surface area (Å²) in [6, 6.07) is 11.4. The summed E-state index contributed by atoms with van der Waals surface area (Å²) in [6.45, 7) is 3.98. The van der Waals surface area contributed by atoms with Crippen molar-refractivity contribution >= 4 is 33.9 Å². The second-order valence-corrected chi connectivity index (χ2v) is 8.14. The van der Waals surface area contributed by atoms with Gasteiger partial charge in [0.2, 0.25) is 0 Å². The van der Waals surface area contributed by atoms with E-state index in [-0.39, 0.29) is 6.10 Å². The van der Waals surface area contributed by atoms with Gasteiger partial charge in [0.25, 0.3) is 0 Å². The van der Waals surface area contributed by atoms with Crippen LogP contribution in [0.1, 0.15) is 42.2 Å². The van der Waals surface area contributed by atoms with Crippen molar-refractivity contribution in [1.29, 1.82) is 0 Å². The number of halogens is 1. The first-order valence-corrected chi connectivity index (χ1v) is 9.40. The van der Waals surface area contributed by atoms with E-state index < -0.39 is 0 Å². The van der Waals surface area contributed by atoms with Crippen LogP contribution in [0, 0.1) is 2.88 Å². The highest BCUT2D eigenvalue weighted by molar-refractivity contribution is 14.1. The summed E-state index contributed by atoms with van der Waals surface area (Å²) in [5.74, 6) is 0. The van der Waals surface area contributed by atoms with Crippen molar-refractivity contribution in [1.82, 2.24) is 5.32 Å². The van der Waals surface area contributed by atoms with Gasteiger partial charge in [-0.3, -0.25) is 0 Å². The van der Waals surface area contributed by atoms with E-state index in [1.165, 1.54) is 19.6 Å². The molecular formula is C17H20INOS. The predicted molar refractivity (Wildman–Crippen MR) is 96.9 cm³/mol. The minimum atomic E-state index is 0.205. The van der Waals surface area contributed by atoms with E-state index in [4.69, 9.17) is 4.74 Å². The van der Waals surface area contributed by atoms with Crippen molar-refractivity contribution in [3.63, 3.8) is 0 Å². The SMILES string of the molecule is CCNC(CC1OCCc2ccccc21)c1csc(I)c1. The average Bonchev–Trinajstić information content (AvgIpc) is 2.94. The molecule has 0 bridgehead atoms. The number of fused-ring (bicyclic) bond motifs is 1. The van der Waals surface area contributed by atoms with Gasteiger partial charge >= 0.3 is 0 Å². The maximum Gasteiger partial charge on any atom is 0.0845 e. The first-order chi connectivity index (χ1) is 10.3. The van der Waals surface area contributed by atoms with Crippen molar-refractivity contribution in [3.8, 4) is 0 Å². The van der Waals surface area contributed by atoms with Crippen LogP contribution in [0.15, 0.2) is 35.7 Å². The first kappa shape index (κ1) is 15.5. The molecule has 0 saturated heterocycles. The van der Waals surface area contributed by atoms with Gasteiger partial charge in [-0.2, -0.15) is 0 Å². The van der Waals surface area contributed by atoms with Crippen LogP contribution in [0.5, 0.6) is 0 Å². The summed E-state index contributed by atoms with van der Waals surface area (Å²) in [7, 11) is 0. The topological polar surface area (TPSA) is 21.3 Å². The van der Waals surface area contributed by atoms with E-state index in [0.717, 1.165) is 26.0 Å². The fraction of sp³-hybridized carbons (Fsp3) is 0.412. The van der Waals surface area contributed by atoms with Gasteiger partial charge in [0.1, 0.15) is 0 Å². The molecule has 2 unspecified atom stereocenters. The monoisotopic (exact) mass is 413 g/mol. The smallest absolute Gasteiger partial charge is 0.0845 e. The summed E-state index contributed by atoms with van der Waals surface area (Å²) in [6.07, 6.45) is 2.24. The Balaban J connectivity index is 1.80. The molecule has 2 atom stereocenters. The van der Waals surface area contributed by atoms with E-state index in [0.29, 0.717) is 6.04 Å². The van der Waals surface area contributed by atoms with Crippen molar-refractivity contribution in [2.45, 2.75) is 31.9 Å². The molecule has 21 heavy (non-hydrogen) atoms. The molecule has 1 aromatic carbocycles. The minimum absolute atomic E-state index is 0.205. The molecule has 0 spiro atoms. The molecule has 0 radical (unpaired) electrons. The van der Waals surface area contributed by atoms with Crippen molar-refractivity contribution < 1.29 is 4.74 Å². The summed E-state index contributed by atoms with van der Waals surface area (Å²) in [5, 5.41) is 5.88. The van der Waals surface area contributed by atoms with Crippen LogP contribution < -0.4 is 5.32 Å². The minimum Gasteiger partial charge on any atom is -0.373 e. The lowest BCUT2D eigenvalue weighted by atomic mass is 9.92. The van der Waals surface area contributed by atoms with Crippen LogP contribution in [-0.4, -0.2) is 13.2 Å². The molecule has 2 heterocycles. The van der Waals surface area contributed by atoms with E-state index in [9.17, 15) is 0 Å². The maximum atomic E-state index is 6.07. The molecule has 1 N–H and O–H groups in total. The third-order valence-electron chi connectivity index (χ3n) is 3.98. The molecule has 2 nitrogen and oxygen atoms in total. The Morgan fingerprint density at radius 3 is 3.05 bits per heavy atom. The van der Waals surface area contributed by atoms with Gasteiger partial charge in [0.15, 0.2) is 0 Å². The lowest BCUT2D eigenvalue weighted by Crippen LogP contribution is -2.25. The second-order valence-electron chi connectivity index (χ2n) is 5.34. The number of rotatable bonds is 5. The number of nitrogens with one attached hydrogen (secondary N) is 1. The zero-order chi connectivity index (χ0) is 14.7. The molecule has 1 aliphatic rings. The molecule has 4 heteroatoms. The molecule has 112 valence electrons. The van der Waals surface area contributed by atoms with Gasteiger partial charge in [-0.05, 0) is 70.1 Å². The Hall–Kier alpha value is -0.430. The Bertz CT molecular complexity index is 598. The van der Waals surface area contributed by atoms with Crippen LogP contribution >= 0.6 is 33.9 Å². The summed E-state index contributed by atoms with van der Waals surface area (Å²) >= 11 is 4.20. The number of hydrogen-bond acceptors (Lipinski definition) is 3. The van der Waals surface area contributed by atoms with Gasteiger partial charge in [-0.1, -0.05) is 31.2 Å². The number of ether oxygens (including phenoxy) is 1. The van der Waals surface area contributed by atoms with Crippen LogP contribution in [0.25, 0.3) is 0 Å². The average molecular weight is 413 g/mol. The molecule has 0 fully saturated rings. The number of benzene rings is 1. The Morgan fingerprint density at radius 2 is 2.29 bits per heavy atom. The van der Waals surface area contributed by atoms with Crippen LogP contribution in [0.4, 0.5) is 0 Å². The summed E-state index contributed by atoms with van der Waals surface area (Å²) in [4.78, 5) is 0. The third-order valence-corrected chi connectivity index (χ3v) is 5.79. The standard InChI is InChI=1S/C17H20INOS/c1-2-19-15(13-9-17(18)21-11-13)10-16-14-6-4-3-5-12(14)7-8-20-16/h3-6,9,11,15-16,19H,2,7-8,10H2,1H3. The normalized spacial score (nSPS) is 19.2. The molecule has 3 rings (SSSR count). The highest BCUT2D eigenvalue weighted by Crippen LogP contribution is 2.35. The van der Waals surface area contributed by atoms with Crippen LogP contribution in [0.2, 0.25) is 0 Å². The van der Waals surface area contributed by atoms with Gasteiger partial charge in [0.05, 0.1) is 15.6 Å². The largest absolute Gasteiger partial charge is 0.373 e. The number of hydrogen-bond donors (Lipinski definition) is 1. The fourth-order valence-electron chi connectivity index (χ4n) is 2.98. The fourth-order valence-corrected chi connectivity index (χ4v) is 4.40. The molecule has 0 aliphatic carbocycles. The lowest BCUT2D eigenvalue weighted by Gasteiger charge is -2.29. The molecule has 2 aromatic rings. The highest BCUT2D eigenvalue weighted by atomic mass is 127. The van der Waals surface area contributed by atoms with Gasteiger partial charge in [-0.25, -0.2) is 0 Å². The lowest BCUT2D eigenvalue weighted by molar-refractivity contribution is 0.0294. The van der Waals surface area contributed by atoms with E-state index >= 15 is 0 Å². The first-order valence-electron chi connectivity index (χ1n) is 7.44. The zero-order valence-electron chi connectivity index (χ0n) is 12.1. The molecular weight excluding hydrogens is 393 g/mol. The predicted octanol–water partition coefficient (Wildman–Crippen LogP) is 4.71. The molecule has 0 amide bonds. The Labute approximate surface area is 144 Å². The van der Waals surface area contributed by atoms with Gasteiger partial charge in [0, 0.05) is 6.04 Å².